The van der Waals surface area contributed by atoms with Gasteiger partial charge in [-0.05, 0) is 26.7 Å². The van der Waals surface area contributed by atoms with Crippen LogP contribution in [0.25, 0.3) is 0 Å². The molecule has 0 bridgehead atoms. The molecule has 15 heavy (non-hydrogen) atoms. The molecule has 1 fully saturated rings. The molecule has 0 aliphatic carbocycles. The first-order valence-electron chi connectivity index (χ1n) is 5.25. The summed E-state index contributed by atoms with van der Waals surface area (Å²) in [5.41, 5.74) is -0.158. The zero-order valence-corrected chi connectivity index (χ0v) is 9.36. The van der Waals surface area contributed by atoms with Crippen molar-refractivity contribution in [3.8, 4) is 0 Å². The van der Waals surface area contributed by atoms with E-state index in [0.29, 0.717) is 12.1 Å². The van der Waals surface area contributed by atoms with Crippen LogP contribution in [0.3, 0.4) is 0 Å². The van der Waals surface area contributed by atoms with E-state index in [1.54, 1.807) is 13.0 Å². The lowest BCUT2D eigenvalue weighted by Crippen LogP contribution is -2.42. The molecular weight excluding hydrogens is 194 g/mol. The van der Waals surface area contributed by atoms with Gasteiger partial charge in [-0.25, -0.2) is 4.79 Å². The molecule has 4 heteroatoms. The largest absolute Gasteiger partial charge is 0.478 e. The molecule has 0 saturated carbocycles. The Bertz CT molecular complexity index is 261. The summed E-state index contributed by atoms with van der Waals surface area (Å²) in [6, 6.07) is 0. The summed E-state index contributed by atoms with van der Waals surface area (Å²) in [5.74, 6) is -0.862. The minimum atomic E-state index is -0.862. The van der Waals surface area contributed by atoms with Crippen LogP contribution in [-0.4, -0.2) is 46.3 Å². The average Bonchev–Trinajstić information content (AvgIpc) is 2.15. The molecule has 0 radical (unpaired) electrons. The van der Waals surface area contributed by atoms with Crippen molar-refractivity contribution in [1.29, 1.82) is 0 Å². The van der Waals surface area contributed by atoms with E-state index in [-0.39, 0.29) is 0 Å². The van der Waals surface area contributed by atoms with Gasteiger partial charge in [0.15, 0.2) is 0 Å². The summed E-state index contributed by atoms with van der Waals surface area (Å²) in [7, 11) is 0. The van der Waals surface area contributed by atoms with Gasteiger partial charge in [0.25, 0.3) is 0 Å². The van der Waals surface area contributed by atoms with Crippen molar-refractivity contribution >= 4 is 5.97 Å². The molecule has 1 aliphatic heterocycles. The highest BCUT2D eigenvalue weighted by molar-refractivity contribution is 5.85. The lowest BCUT2D eigenvalue weighted by atomic mass is 9.94. The Morgan fingerprint density at radius 2 is 2.00 bits per heavy atom. The van der Waals surface area contributed by atoms with E-state index < -0.39 is 11.6 Å². The van der Waals surface area contributed by atoms with Crippen LogP contribution in [0.4, 0.5) is 0 Å². The average molecular weight is 213 g/mol. The third-order valence-corrected chi connectivity index (χ3v) is 2.93. The van der Waals surface area contributed by atoms with E-state index >= 15 is 0 Å². The second-order valence-electron chi connectivity index (χ2n) is 4.49. The van der Waals surface area contributed by atoms with Crippen LogP contribution in [0.1, 0.15) is 26.7 Å². The molecule has 0 unspecified atom stereocenters. The summed E-state index contributed by atoms with van der Waals surface area (Å²) < 4.78 is 0. The minimum Gasteiger partial charge on any atom is -0.478 e. The van der Waals surface area contributed by atoms with Gasteiger partial charge in [-0.15, -0.1) is 0 Å². The zero-order valence-electron chi connectivity index (χ0n) is 9.36. The fourth-order valence-electron chi connectivity index (χ4n) is 1.57. The summed E-state index contributed by atoms with van der Waals surface area (Å²) in [6.45, 7) is 5.77. The zero-order chi connectivity index (χ0) is 11.5. The number of rotatable bonds is 3. The number of nitrogens with zero attached hydrogens (tertiary/aromatic N) is 1. The van der Waals surface area contributed by atoms with Crippen molar-refractivity contribution in [1.82, 2.24) is 4.90 Å². The van der Waals surface area contributed by atoms with Crippen molar-refractivity contribution in [3.63, 3.8) is 0 Å². The van der Waals surface area contributed by atoms with Crippen molar-refractivity contribution in [2.45, 2.75) is 32.3 Å². The van der Waals surface area contributed by atoms with E-state index in [1.807, 2.05) is 6.92 Å². The number of hydrogen-bond acceptors (Lipinski definition) is 3. The van der Waals surface area contributed by atoms with Crippen molar-refractivity contribution in [2.24, 2.45) is 0 Å². The van der Waals surface area contributed by atoms with Gasteiger partial charge in [0, 0.05) is 25.2 Å². The van der Waals surface area contributed by atoms with Crippen LogP contribution in [0.5, 0.6) is 0 Å². The van der Waals surface area contributed by atoms with Gasteiger partial charge in [0.2, 0.25) is 0 Å². The Labute approximate surface area is 90.2 Å². The summed E-state index contributed by atoms with van der Waals surface area (Å²) in [6.07, 6.45) is 3.24. The smallest absolute Gasteiger partial charge is 0.330 e. The van der Waals surface area contributed by atoms with Crippen LogP contribution in [0.2, 0.25) is 0 Å². The third kappa shape index (κ3) is 4.01. The van der Waals surface area contributed by atoms with Gasteiger partial charge in [-0.3, -0.25) is 4.90 Å². The molecule has 86 valence electrons. The van der Waals surface area contributed by atoms with E-state index in [2.05, 4.69) is 4.90 Å². The fourth-order valence-corrected chi connectivity index (χ4v) is 1.57. The number of hydrogen-bond donors (Lipinski definition) is 2. The molecule has 1 rings (SSSR count). The Morgan fingerprint density at radius 3 is 2.47 bits per heavy atom. The van der Waals surface area contributed by atoms with Crippen LogP contribution in [-0.2, 0) is 4.79 Å². The SMILES string of the molecule is CC(=CCN1CCC(C)(O)CC1)C(=O)O. The molecule has 1 heterocycles. The van der Waals surface area contributed by atoms with Crippen molar-refractivity contribution in [3.05, 3.63) is 11.6 Å². The predicted molar refractivity (Wildman–Crippen MR) is 57.7 cm³/mol. The first-order chi connectivity index (χ1) is 6.91. The molecule has 1 aliphatic rings. The number of likely N-dealkylation sites (tertiary alicyclic amines) is 1. The lowest BCUT2D eigenvalue weighted by molar-refractivity contribution is -0.132. The van der Waals surface area contributed by atoms with Gasteiger partial charge in [0.1, 0.15) is 0 Å². The third-order valence-electron chi connectivity index (χ3n) is 2.93. The Morgan fingerprint density at radius 1 is 1.47 bits per heavy atom. The highest BCUT2D eigenvalue weighted by Gasteiger charge is 2.26. The topological polar surface area (TPSA) is 60.8 Å². The van der Waals surface area contributed by atoms with Gasteiger partial charge in [-0.1, -0.05) is 6.08 Å². The lowest BCUT2D eigenvalue weighted by Gasteiger charge is -2.35. The maximum Gasteiger partial charge on any atom is 0.330 e. The van der Waals surface area contributed by atoms with E-state index in [9.17, 15) is 9.90 Å². The molecule has 2 N–H and O–H groups in total. The van der Waals surface area contributed by atoms with Crippen LogP contribution in [0, 0.1) is 0 Å². The van der Waals surface area contributed by atoms with E-state index in [0.717, 1.165) is 25.9 Å². The molecule has 0 aromatic rings. The summed E-state index contributed by atoms with van der Waals surface area (Å²) in [5, 5.41) is 18.4. The summed E-state index contributed by atoms with van der Waals surface area (Å²) >= 11 is 0. The Kier molecular flexibility index (Phi) is 3.88. The normalized spacial score (nSPS) is 22.7. The maximum atomic E-state index is 10.5. The molecule has 0 spiro atoms. The first-order valence-corrected chi connectivity index (χ1v) is 5.25. The highest BCUT2D eigenvalue weighted by Crippen LogP contribution is 2.20. The van der Waals surface area contributed by atoms with Crippen LogP contribution >= 0.6 is 0 Å². The van der Waals surface area contributed by atoms with Crippen molar-refractivity contribution in [2.75, 3.05) is 19.6 Å². The van der Waals surface area contributed by atoms with Gasteiger partial charge in [-0.2, -0.15) is 0 Å². The number of carboxylic acids is 1. The molecule has 0 amide bonds. The predicted octanol–water partition coefficient (Wildman–Crippen LogP) is 0.864. The first kappa shape index (κ1) is 12.2. The maximum absolute atomic E-state index is 10.5. The monoisotopic (exact) mass is 213 g/mol. The van der Waals surface area contributed by atoms with E-state index in [1.165, 1.54) is 0 Å². The van der Waals surface area contributed by atoms with Crippen LogP contribution in [0.15, 0.2) is 11.6 Å². The number of aliphatic carboxylic acids is 1. The number of carboxylic acid groups (broad SMARTS) is 1. The van der Waals surface area contributed by atoms with Crippen LogP contribution < -0.4 is 0 Å². The second kappa shape index (κ2) is 4.77. The highest BCUT2D eigenvalue weighted by atomic mass is 16.4. The summed E-state index contributed by atoms with van der Waals surface area (Å²) in [4.78, 5) is 12.7. The number of aliphatic hydroxyl groups is 1. The molecule has 1 saturated heterocycles. The standard InChI is InChI=1S/C11H19NO3/c1-9(10(13)14)3-6-12-7-4-11(2,15)5-8-12/h3,15H,4-8H2,1-2H3,(H,13,14). The fraction of sp³-hybridized carbons (Fsp3) is 0.727. The molecule has 0 aromatic heterocycles. The molecule has 4 nitrogen and oxygen atoms in total. The Hall–Kier alpha value is -0.870. The minimum absolute atomic E-state index is 0.382. The van der Waals surface area contributed by atoms with Gasteiger partial charge in [0.05, 0.1) is 5.60 Å². The van der Waals surface area contributed by atoms with Gasteiger partial charge >= 0.3 is 5.97 Å². The number of piperidine rings is 1. The molecule has 0 atom stereocenters. The van der Waals surface area contributed by atoms with E-state index in [4.69, 9.17) is 5.11 Å². The number of carbonyl (C=O) groups is 1. The molecule has 0 aromatic carbocycles. The quantitative estimate of drug-likeness (QED) is 0.683. The Balaban J connectivity index is 2.37. The second-order valence-corrected chi connectivity index (χ2v) is 4.49. The van der Waals surface area contributed by atoms with Crippen molar-refractivity contribution < 1.29 is 15.0 Å². The molecular formula is C11H19NO3. The van der Waals surface area contributed by atoms with Gasteiger partial charge < -0.3 is 10.2 Å².